The Morgan fingerprint density at radius 1 is 1.44 bits per heavy atom. The van der Waals surface area contributed by atoms with Gasteiger partial charge in [0, 0.05) is 18.3 Å². The van der Waals surface area contributed by atoms with E-state index in [1.54, 1.807) is 0 Å². The van der Waals surface area contributed by atoms with Crippen molar-refractivity contribution in [1.82, 2.24) is 9.55 Å². The summed E-state index contributed by atoms with van der Waals surface area (Å²) in [5.74, 6) is 0.367. The molecule has 16 heavy (non-hydrogen) atoms. The minimum atomic E-state index is -0.304. The molecule has 1 fully saturated rings. The second-order valence-corrected chi connectivity index (χ2v) is 4.33. The van der Waals surface area contributed by atoms with E-state index in [0.29, 0.717) is 12.5 Å². The van der Waals surface area contributed by atoms with E-state index >= 15 is 0 Å². The zero-order chi connectivity index (χ0) is 11.5. The van der Waals surface area contributed by atoms with Crippen LogP contribution in [-0.4, -0.2) is 16.1 Å². The zero-order valence-corrected chi connectivity index (χ0v) is 9.19. The molecule has 1 aromatic rings. The van der Waals surface area contributed by atoms with E-state index in [0.717, 1.165) is 25.7 Å². The van der Waals surface area contributed by atoms with Crippen molar-refractivity contribution < 1.29 is 0 Å². The molecule has 88 valence electrons. The van der Waals surface area contributed by atoms with E-state index in [-0.39, 0.29) is 17.3 Å². The second-order valence-electron chi connectivity index (χ2n) is 4.33. The maximum atomic E-state index is 11.7. The van der Waals surface area contributed by atoms with Crippen molar-refractivity contribution in [3.05, 3.63) is 33.1 Å². The Bertz CT molecular complexity index is 435. The maximum Gasteiger partial charge on any atom is 0.328 e. The zero-order valence-electron chi connectivity index (χ0n) is 9.19. The van der Waals surface area contributed by atoms with E-state index in [1.807, 2.05) is 0 Å². The van der Waals surface area contributed by atoms with Gasteiger partial charge in [-0.1, -0.05) is 6.42 Å². The number of nitrogens with two attached hydrogens (primary N) is 1. The van der Waals surface area contributed by atoms with Gasteiger partial charge in [-0.05, 0) is 31.7 Å². The number of nitrogens with one attached hydrogen (secondary N) is 1. The van der Waals surface area contributed by atoms with Crippen molar-refractivity contribution >= 4 is 0 Å². The van der Waals surface area contributed by atoms with Crippen molar-refractivity contribution in [1.29, 1.82) is 0 Å². The van der Waals surface area contributed by atoms with Gasteiger partial charge in [-0.15, -0.1) is 0 Å². The van der Waals surface area contributed by atoms with Crippen molar-refractivity contribution in [2.75, 3.05) is 6.54 Å². The third-order valence-corrected chi connectivity index (χ3v) is 3.38. The summed E-state index contributed by atoms with van der Waals surface area (Å²) in [6, 6.07) is 1.43. The van der Waals surface area contributed by atoms with Gasteiger partial charge >= 0.3 is 5.69 Å². The monoisotopic (exact) mass is 223 g/mol. The van der Waals surface area contributed by atoms with E-state index in [9.17, 15) is 9.59 Å². The molecule has 2 rings (SSSR count). The smallest absolute Gasteiger partial charge is 0.328 e. The average Bonchev–Trinajstić information content (AvgIpc) is 2.67. The first-order valence-electron chi connectivity index (χ1n) is 5.74. The Labute approximate surface area is 93.3 Å². The average molecular weight is 223 g/mol. The molecule has 1 aromatic heterocycles. The molecule has 5 heteroatoms. The van der Waals surface area contributed by atoms with Crippen LogP contribution in [-0.2, 0) is 0 Å². The third kappa shape index (κ3) is 1.95. The predicted octanol–water partition coefficient (Wildman–Crippen LogP) is 0.227. The first-order valence-corrected chi connectivity index (χ1v) is 5.74. The molecular weight excluding hydrogens is 206 g/mol. The highest BCUT2D eigenvalue weighted by Crippen LogP contribution is 2.35. The normalized spacial score (nSPS) is 24.8. The Balaban J connectivity index is 2.36. The number of rotatable bonds is 3. The number of aromatic amines is 1. The molecule has 2 unspecified atom stereocenters. The molecule has 2 atom stereocenters. The lowest BCUT2D eigenvalue weighted by atomic mass is 9.99. The van der Waals surface area contributed by atoms with E-state index in [2.05, 4.69) is 4.98 Å². The fourth-order valence-corrected chi connectivity index (χ4v) is 2.66. The molecule has 0 aliphatic heterocycles. The fourth-order valence-electron chi connectivity index (χ4n) is 2.66. The van der Waals surface area contributed by atoms with Gasteiger partial charge in [-0.25, -0.2) is 4.79 Å². The van der Waals surface area contributed by atoms with Crippen LogP contribution in [0, 0.1) is 5.92 Å². The van der Waals surface area contributed by atoms with Gasteiger partial charge in [0.25, 0.3) is 5.56 Å². The molecule has 1 saturated carbocycles. The largest absolute Gasteiger partial charge is 0.330 e. The van der Waals surface area contributed by atoms with Gasteiger partial charge in [-0.3, -0.25) is 9.36 Å². The van der Waals surface area contributed by atoms with Crippen molar-refractivity contribution in [3.63, 3.8) is 0 Å². The Hall–Kier alpha value is -1.36. The number of aromatic nitrogens is 2. The predicted molar refractivity (Wildman–Crippen MR) is 61.4 cm³/mol. The van der Waals surface area contributed by atoms with E-state index < -0.39 is 0 Å². The molecule has 0 radical (unpaired) electrons. The summed E-state index contributed by atoms with van der Waals surface area (Å²) in [5, 5.41) is 0. The van der Waals surface area contributed by atoms with Crippen LogP contribution in [0.3, 0.4) is 0 Å². The molecule has 1 aliphatic carbocycles. The number of hydrogen-bond acceptors (Lipinski definition) is 3. The van der Waals surface area contributed by atoms with Crippen LogP contribution in [0.25, 0.3) is 0 Å². The van der Waals surface area contributed by atoms with Gasteiger partial charge in [0.15, 0.2) is 0 Å². The first-order chi connectivity index (χ1) is 7.74. The van der Waals surface area contributed by atoms with Crippen LogP contribution in [0.5, 0.6) is 0 Å². The van der Waals surface area contributed by atoms with Crippen LogP contribution in [0.1, 0.15) is 31.7 Å². The lowest BCUT2D eigenvalue weighted by Gasteiger charge is -2.20. The molecule has 0 aromatic carbocycles. The summed E-state index contributed by atoms with van der Waals surface area (Å²) in [5.41, 5.74) is 5.04. The fraction of sp³-hybridized carbons (Fsp3) is 0.636. The Kier molecular flexibility index (Phi) is 3.24. The van der Waals surface area contributed by atoms with Crippen molar-refractivity contribution in [2.24, 2.45) is 11.7 Å². The van der Waals surface area contributed by atoms with Crippen LogP contribution in [0.2, 0.25) is 0 Å². The molecule has 1 heterocycles. The minimum absolute atomic E-state index is 0.0287. The standard InChI is InChI=1S/C11H17N3O2/c12-6-4-8-2-1-3-9(8)14-10(15)5-7-13-11(14)16/h5,7-9H,1-4,6,12H2,(H,13,16). The molecule has 0 bridgehead atoms. The summed E-state index contributed by atoms with van der Waals surface area (Å²) in [7, 11) is 0. The van der Waals surface area contributed by atoms with E-state index in [1.165, 1.54) is 16.8 Å². The van der Waals surface area contributed by atoms with Gasteiger partial charge in [0.2, 0.25) is 0 Å². The Morgan fingerprint density at radius 2 is 2.25 bits per heavy atom. The van der Waals surface area contributed by atoms with Gasteiger partial charge in [0.05, 0.1) is 0 Å². The highest BCUT2D eigenvalue weighted by Gasteiger charge is 2.29. The topological polar surface area (TPSA) is 80.9 Å². The molecule has 0 saturated heterocycles. The van der Waals surface area contributed by atoms with Gasteiger partial charge in [0.1, 0.15) is 0 Å². The SMILES string of the molecule is NCCC1CCCC1n1c(=O)cc[nH]c1=O. The quantitative estimate of drug-likeness (QED) is 0.769. The molecular formula is C11H17N3O2. The second kappa shape index (κ2) is 4.65. The van der Waals surface area contributed by atoms with E-state index in [4.69, 9.17) is 5.73 Å². The molecule has 0 amide bonds. The van der Waals surface area contributed by atoms with Crippen LogP contribution in [0.15, 0.2) is 21.9 Å². The minimum Gasteiger partial charge on any atom is -0.330 e. The maximum absolute atomic E-state index is 11.7. The van der Waals surface area contributed by atoms with Gasteiger partial charge in [-0.2, -0.15) is 0 Å². The number of hydrogen-bond donors (Lipinski definition) is 2. The highest BCUT2D eigenvalue weighted by molar-refractivity contribution is 4.91. The summed E-state index contributed by atoms with van der Waals surface area (Å²) in [4.78, 5) is 25.9. The molecule has 1 aliphatic rings. The van der Waals surface area contributed by atoms with Crippen molar-refractivity contribution in [3.8, 4) is 0 Å². The Morgan fingerprint density at radius 3 is 2.94 bits per heavy atom. The third-order valence-electron chi connectivity index (χ3n) is 3.38. The highest BCUT2D eigenvalue weighted by atomic mass is 16.2. The van der Waals surface area contributed by atoms with Gasteiger partial charge < -0.3 is 10.7 Å². The molecule has 5 nitrogen and oxygen atoms in total. The number of H-pyrrole nitrogens is 1. The summed E-state index contributed by atoms with van der Waals surface area (Å²) >= 11 is 0. The lowest BCUT2D eigenvalue weighted by molar-refractivity contribution is 0.344. The number of nitrogens with zero attached hydrogens (tertiary/aromatic N) is 1. The summed E-state index contributed by atoms with van der Waals surface area (Å²) < 4.78 is 1.35. The molecule has 0 spiro atoms. The lowest BCUT2D eigenvalue weighted by Crippen LogP contribution is -2.38. The van der Waals surface area contributed by atoms with Crippen LogP contribution < -0.4 is 17.0 Å². The van der Waals surface area contributed by atoms with Crippen LogP contribution >= 0.6 is 0 Å². The first kappa shape index (κ1) is 11.1. The summed E-state index contributed by atoms with van der Waals surface area (Å²) in [6.45, 7) is 0.612. The van der Waals surface area contributed by atoms with Crippen LogP contribution in [0.4, 0.5) is 0 Å². The van der Waals surface area contributed by atoms with Crippen molar-refractivity contribution in [2.45, 2.75) is 31.7 Å². The molecule has 3 N–H and O–H groups in total. The summed E-state index contributed by atoms with van der Waals surface area (Å²) in [6.07, 6.45) is 5.30.